The number of nitrogens with two attached hydrogens (primary N) is 1. The molecule has 1 atom stereocenters. The smallest absolute Gasteiger partial charge is 0.233 e. The SMILES string of the molecule is NCC(C(=O)Nc1ccc(Oc2ccn[nH]2)cc1)c1ccccc1. The second kappa shape index (κ2) is 7.43. The number of nitrogens with zero attached hydrogens (tertiary/aromatic N) is 1. The Labute approximate surface area is 139 Å². The number of anilines is 1. The van der Waals surface area contributed by atoms with Crippen LogP contribution in [-0.4, -0.2) is 22.6 Å². The van der Waals surface area contributed by atoms with E-state index in [2.05, 4.69) is 15.5 Å². The van der Waals surface area contributed by atoms with Crippen LogP contribution in [0.15, 0.2) is 66.9 Å². The first-order valence-electron chi connectivity index (χ1n) is 7.59. The van der Waals surface area contributed by atoms with Crippen LogP contribution < -0.4 is 15.8 Å². The lowest BCUT2D eigenvalue weighted by atomic mass is 9.98. The highest BCUT2D eigenvalue weighted by atomic mass is 16.5. The van der Waals surface area contributed by atoms with Crippen LogP contribution in [0.1, 0.15) is 11.5 Å². The molecule has 4 N–H and O–H groups in total. The van der Waals surface area contributed by atoms with Gasteiger partial charge in [-0.15, -0.1) is 0 Å². The zero-order valence-electron chi connectivity index (χ0n) is 13.0. The van der Waals surface area contributed by atoms with Crippen LogP contribution >= 0.6 is 0 Å². The van der Waals surface area contributed by atoms with Gasteiger partial charge in [0.25, 0.3) is 0 Å². The summed E-state index contributed by atoms with van der Waals surface area (Å²) in [6, 6.07) is 18.3. The zero-order valence-corrected chi connectivity index (χ0v) is 13.0. The van der Waals surface area contributed by atoms with Crippen molar-refractivity contribution in [3.05, 3.63) is 72.4 Å². The van der Waals surface area contributed by atoms with E-state index in [1.807, 2.05) is 30.3 Å². The number of ether oxygens (including phenoxy) is 1. The van der Waals surface area contributed by atoms with E-state index in [0.29, 0.717) is 17.3 Å². The summed E-state index contributed by atoms with van der Waals surface area (Å²) in [7, 11) is 0. The van der Waals surface area contributed by atoms with Crippen LogP contribution in [0.4, 0.5) is 5.69 Å². The molecule has 0 aliphatic rings. The van der Waals surface area contributed by atoms with Gasteiger partial charge in [-0.05, 0) is 29.8 Å². The molecule has 0 bridgehead atoms. The maximum atomic E-state index is 12.4. The summed E-state index contributed by atoms with van der Waals surface area (Å²) >= 11 is 0. The van der Waals surface area contributed by atoms with Gasteiger partial charge >= 0.3 is 0 Å². The third-order valence-corrected chi connectivity index (χ3v) is 3.58. The first kappa shape index (κ1) is 15.8. The van der Waals surface area contributed by atoms with E-state index in [0.717, 1.165) is 5.56 Å². The molecule has 1 unspecified atom stereocenters. The minimum absolute atomic E-state index is 0.133. The first-order chi connectivity index (χ1) is 11.8. The monoisotopic (exact) mass is 322 g/mol. The Morgan fingerprint density at radius 3 is 2.50 bits per heavy atom. The predicted molar refractivity (Wildman–Crippen MR) is 92.0 cm³/mol. The number of amides is 1. The standard InChI is InChI=1S/C18H18N4O2/c19-12-16(13-4-2-1-3-5-13)18(23)21-14-6-8-15(9-7-14)24-17-10-11-20-22-17/h1-11,16H,12,19H2,(H,20,22)(H,21,23). The van der Waals surface area contributed by atoms with Gasteiger partial charge in [0.05, 0.1) is 12.1 Å². The lowest BCUT2D eigenvalue weighted by Gasteiger charge is -2.15. The Balaban J connectivity index is 1.65. The average molecular weight is 322 g/mol. The van der Waals surface area contributed by atoms with E-state index in [9.17, 15) is 4.79 Å². The molecule has 2 aromatic carbocycles. The predicted octanol–water partition coefficient (Wildman–Crippen LogP) is 2.88. The Hall–Kier alpha value is -3.12. The van der Waals surface area contributed by atoms with Gasteiger partial charge in [0, 0.05) is 18.3 Å². The number of benzene rings is 2. The molecule has 0 radical (unpaired) electrons. The maximum Gasteiger partial charge on any atom is 0.233 e. The van der Waals surface area contributed by atoms with Crippen molar-refractivity contribution < 1.29 is 9.53 Å². The lowest BCUT2D eigenvalue weighted by molar-refractivity contribution is -0.117. The molecule has 6 nitrogen and oxygen atoms in total. The number of hydrogen-bond donors (Lipinski definition) is 3. The summed E-state index contributed by atoms with van der Waals surface area (Å²) in [4.78, 5) is 12.4. The van der Waals surface area contributed by atoms with Crippen LogP contribution in [0.25, 0.3) is 0 Å². The zero-order chi connectivity index (χ0) is 16.8. The quantitative estimate of drug-likeness (QED) is 0.650. The van der Waals surface area contributed by atoms with Gasteiger partial charge in [0.15, 0.2) is 0 Å². The van der Waals surface area contributed by atoms with Crippen LogP contribution in [0.3, 0.4) is 0 Å². The summed E-state index contributed by atoms with van der Waals surface area (Å²) in [5, 5.41) is 9.41. The fourth-order valence-corrected chi connectivity index (χ4v) is 2.34. The van der Waals surface area contributed by atoms with E-state index in [-0.39, 0.29) is 18.4 Å². The molecule has 24 heavy (non-hydrogen) atoms. The van der Waals surface area contributed by atoms with Gasteiger partial charge in [0.1, 0.15) is 5.75 Å². The number of H-pyrrole nitrogens is 1. The van der Waals surface area contributed by atoms with Crippen molar-refractivity contribution >= 4 is 11.6 Å². The summed E-state index contributed by atoms with van der Waals surface area (Å²) in [6.45, 7) is 0.247. The van der Waals surface area contributed by atoms with Crippen molar-refractivity contribution in [2.75, 3.05) is 11.9 Å². The van der Waals surface area contributed by atoms with Crippen molar-refractivity contribution in [1.82, 2.24) is 10.2 Å². The van der Waals surface area contributed by atoms with E-state index in [1.54, 1.807) is 36.5 Å². The van der Waals surface area contributed by atoms with Crippen molar-refractivity contribution in [2.45, 2.75) is 5.92 Å². The van der Waals surface area contributed by atoms with Gasteiger partial charge in [-0.25, -0.2) is 5.10 Å². The number of hydrogen-bond acceptors (Lipinski definition) is 4. The Morgan fingerprint density at radius 1 is 1.12 bits per heavy atom. The fraction of sp³-hybridized carbons (Fsp3) is 0.111. The highest BCUT2D eigenvalue weighted by Crippen LogP contribution is 2.22. The molecule has 0 aliphatic heterocycles. The van der Waals surface area contributed by atoms with Gasteiger partial charge < -0.3 is 15.8 Å². The number of carbonyl (C=O) groups excluding carboxylic acids is 1. The molecular weight excluding hydrogens is 304 g/mol. The number of aromatic nitrogens is 2. The highest BCUT2D eigenvalue weighted by molar-refractivity contribution is 5.96. The molecular formula is C18H18N4O2. The number of aromatic amines is 1. The average Bonchev–Trinajstić information content (AvgIpc) is 3.11. The highest BCUT2D eigenvalue weighted by Gasteiger charge is 2.18. The molecule has 6 heteroatoms. The second-order valence-electron chi connectivity index (χ2n) is 5.24. The number of carbonyl (C=O) groups is 1. The molecule has 0 aliphatic carbocycles. The number of nitrogens with one attached hydrogen (secondary N) is 2. The molecule has 0 saturated heterocycles. The largest absolute Gasteiger partial charge is 0.440 e. The van der Waals surface area contributed by atoms with Crippen molar-refractivity contribution in [2.24, 2.45) is 5.73 Å². The van der Waals surface area contributed by atoms with Crippen LogP contribution in [0, 0.1) is 0 Å². The molecule has 1 heterocycles. The first-order valence-corrected chi connectivity index (χ1v) is 7.59. The molecule has 122 valence electrons. The third-order valence-electron chi connectivity index (χ3n) is 3.58. The van der Waals surface area contributed by atoms with Crippen LogP contribution in [0.2, 0.25) is 0 Å². The van der Waals surface area contributed by atoms with Crippen molar-refractivity contribution in [3.63, 3.8) is 0 Å². The van der Waals surface area contributed by atoms with Gasteiger partial charge in [-0.1, -0.05) is 30.3 Å². The van der Waals surface area contributed by atoms with Gasteiger partial charge in [-0.2, -0.15) is 5.10 Å². The van der Waals surface area contributed by atoms with E-state index < -0.39 is 0 Å². The molecule has 0 spiro atoms. The Morgan fingerprint density at radius 2 is 1.88 bits per heavy atom. The van der Waals surface area contributed by atoms with Crippen LogP contribution in [0.5, 0.6) is 11.6 Å². The van der Waals surface area contributed by atoms with Gasteiger partial charge in [-0.3, -0.25) is 4.79 Å². The topological polar surface area (TPSA) is 93.0 Å². The third kappa shape index (κ3) is 3.80. The molecule has 1 aromatic heterocycles. The van der Waals surface area contributed by atoms with E-state index in [4.69, 9.17) is 10.5 Å². The number of rotatable bonds is 6. The van der Waals surface area contributed by atoms with Crippen molar-refractivity contribution in [3.8, 4) is 11.6 Å². The van der Waals surface area contributed by atoms with Crippen molar-refractivity contribution in [1.29, 1.82) is 0 Å². The molecule has 1 amide bonds. The molecule has 3 rings (SSSR count). The summed E-state index contributed by atoms with van der Waals surface area (Å²) in [5.74, 6) is 0.688. The normalized spacial score (nSPS) is 11.7. The summed E-state index contributed by atoms with van der Waals surface area (Å²) < 4.78 is 5.57. The minimum atomic E-state index is -0.382. The Kier molecular flexibility index (Phi) is 4.88. The molecule has 3 aromatic rings. The summed E-state index contributed by atoms with van der Waals surface area (Å²) in [5.41, 5.74) is 7.36. The second-order valence-corrected chi connectivity index (χ2v) is 5.24. The van der Waals surface area contributed by atoms with E-state index >= 15 is 0 Å². The Bertz CT molecular complexity index is 771. The minimum Gasteiger partial charge on any atom is -0.440 e. The maximum absolute atomic E-state index is 12.4. The van der Waals surface area contributed by atoms with E-state index in [1.165, 1.54) is 0 Å². The fourth-order valence-electron chi connectivity index (χ4n) is 2.34. The van der Waals surface area contributed by atoms with Crippen LogP contribution in [-0.2, 0) is 4.79 Å². The lowest BCUT2D eigenvalue weighted by Crippen LogP contribution is -2.27. The summed E-state index contributed by atoms with van der Waals surface area (Å²) in [6.07, 6.45) is 1.61. The molecule has 0 saturated carbocycles. The van der Waals surface area contributed by atoms with Gasteiger partial charge in [0.2, 0.25) is 11.8 Å². The molecule has 0 fully saturated rings.